The molecule has 0 saturated carbocycles. The number of ether oxygens (including phenoxy) is 1. The van der Waals surface area contributed by atoms with Gasteiger partial charge in [-0.2, -0.15) is 0 Å². The molecule has 0 spiro atoms. The molecule has 7 nitrogen and oxygen atoms in total. The minimum absolute atomic E-state index is 0.112. The molecule has 2 aromatic carbocycles. The van der Waals surface area contributed by atoms with Gasteiger partial charge >= 0.3 is 0 Å². The van der Waals surface area contributed by atoms with E-state index < -0.39 is 11.6 Å². The van der Waals surface area contributed by atoms with Crippen LogP contribution in [0.4, 0.5) is 20.4 Å². The van der Waals surface area contributed by atoms with Crippen LogP contribution in [0.3, 0.4) is 0 Å². The van der Waals surface area contributed by atoms with Crippen molar-refractivity contribution >= 4 is 28.4 Å². The molecule has 1 aromatic heterocycles. The Hall–Kier alpha value is -3.46. The number of amides is 1. The molecule has 0 radical (unpaired) electrons. The molecule has 5 rings (SSSR count). The second kappa shape index (κ2) is 8.96. The largest absolute Gasteiger partial charge is 0.440 e. The minimum Gasteiger partial charge on any atom is -0.440 e. The number of halogens is 2. The van der Waals surface area contributed by atoms with Crippen molar-refractivity contribution in [1.29, 1.82) is 0 Å². The molecule has 0 N–H and O–H groups in total. The van der Waals surface area contributed by atoms with E-state index in [2.05, 4.69) is 0 Å². The van der Waals surface area contributed by atoms with Crippen LogP contribution < -0.4 is 15.2 Å². The molecule has 2 aliphatic heterocycles. The lowest BCUT2D eigenvalue weighted by Crippen LogP contribution is -2.36. The standard InChI is InChI=1S/C26H27F2N3O4/c1-15-8-19-21(28)11-18(27)12-22(19)31(15)14-17-9-16(26(33)29(2)3)10-20-23(32)13-24(35-25(17)20)30-4-6-34-7-5-30/h9-13,15H,4-8,14H2,1-3H3/t15-/m1/s1. The predicted octanol–water partition coefficient (Wildman–Crippen LogP) is 3.56. The first kappa shape index (κ1) is 23.3. The first-order valence-electron chi connectivity index (χ1n) is 11.6. The fourth-order valence-corrected chi connectivity index (χ4v) is 4.87. The van der Waals surface area contributed by atoms with Crippen molar-refractivity contribution in [2.45, 2.75) is 25.9 Å². The van der Waals surface area contributed by atoms with Gasteiger partial charge in [0.05, 0.1) is 18.6 Å². The summed E-state index contributed by atoms with van der Waals surface area (Å²) in [6, 6.07) is 6.81. The summed E-state index contributed by atoms with van der Waals surface area (Å²) < 4.78 is 40.2. The Balaban J connectivity index is 1.66. The number of hydrogen-bond acceptors (Lipinski definition) is 6. The average Bonchev–Trinajstić information content (AvgIpc) is 3.14. The lowest BCUT2D eigenvalue weighted by molar-refractivity contribution is 0.0827. The average molecular weight is 484 g/mol. The van der Waals surface area contributed by atoms with Crippen molar-refractivity contribution in [2.75, 3.05) is 50.2 Å². The van der Waals surface area contributed by atoms with E-state index in [0.717, 1.165) is 6.07 Å². The molecule has 1 fully saturated rings. The van der Waals surface area contributed by atoms with Crippen LogP contribution in [-0.2, 0) is 17.7 Å². The third-order valence-corrected chi connectivity index (χ3v) is 6.69. The Morgan fingerprint density at radius 3 is 2.57 bits per heavy atom. The fraction of sp³-hybridized carbons (Fsp3) is 0.385. The normalized spacial score (nSPS) is 17.7. The Bertz CT molecular complexity index is 1360. The molecule has 184 valence electrons. The molecule has 3 heterocycles. The zero-order valence-corrected chi connectivity index (χ0v) is 19.9. The van der Waals surface area contributed by atoms with Gasteiger partial charge in [-0.1, -0.05) is 0 Å². The number of morpholine rings is 1. The maximum atomic E-state index is 14.5. The Morgan fingerprint density at radius 1 is 1.11 bits per heavy atom. The van der Waals surface area contributed by atoms with Crippen LogP contribution in [0.15, 0.2) is 39.5 Å². The van der Waals surface area contributed by atoms with E-state index in [9.17, 15) is 18.4 Å². The molecule has 9 heteroatoms. The van der Waals surface area contributed by atoms with Gasteiger partial charge in [-0.25, -0.2) is 8.78 Å². The monoisotopic (exact) mass is 483 g/mol. The highest BCUT2D eigenvalue weighted by Crippen LogP contribution is 2.37. The third kappa shape index (κ3) is 4.25. The summed E-state index contributed by atoms with van der Waals surface area (Å²) in [5.41, 5.74) is 1.99. The van der Waals surface area contributed by atoms with Crippen LogP contribution in [0, 0.1) is 11.6 Å². The van der Waals surface area contributed by atoms with Crippen molar-refractivity contribution in [3.05, 3.63) is 68.9 Å². The molecule has 0 unspecified atom stereocenters. The predicted molar refractivity (Wildman–Crippen MR) is 129 cm³/mol. The minimum atomic E-state index is -0.650. The molecule has 1 saturated heterocycles. The summed E-state index contributed by atoms with van der Waals surface area (Å²) in [6.07, 6.45) is 0.429. The fourth-order valence-electron chi connectivity index (χ4n) is 4.87. The highest BCUT2D eigenvalue weighted by atomic mass is 19.1. The summed E-state index contributed by atoms with van der Waals surface area (Å²) >= 11 is 0. The number of benzene rings is 2. The van der Waals surface area contributed by atoms with Gasteiger partial charge in [0.2, 0.25) is 0 Å². The van der Waals surface area contributed by atoms with Crippen molar-refractivity contribution < 1.29 is 22.7 Å². The first-order valence-corrected chi connectivity index (χ1v) is 11.6. The molecular formula is C26H27F2N3O4. The van der Waals surface area contributed by atoms with Crippen LogP contribution in [0.5, 0.6) is 0 Å². The van der Waals surface area contributed by atoms with E-state index in [0.29, 0.717) is 72.0 Å². The lowest BCUT2D eigenvalue weighted by Gasteiger charge is -2.28. The SMILES string of the molecule is C[C@@H]1Cc2c(F)cc(F)cc2N1Cc1cc(C(=O)N(C)C)cc2c(=O)cc(N3CCOCC3)oc12. The molecule has 1 atom stereocenters. The molecule has 1 amide bonds. The number of carbonyl (C=O) groups excluding carboxylic acids is 1. The highest BCUT2D eigenvalue weighted by molar-refractivity contribution is 5.98. The van der Waals surface area contributed by atoms with Crippen molar-refractivity contribution in [3.63, 3.8) is 0 Å². The maximum Gasteiger partial charge on any atom is 0.253 e. The first-order chi connectivity index (χ1) is 16.7. The molecular weight excluding hydrogens is 456 g/mol. The van der Waals surface area contributed by atoms with Crippen LogP contribution in [-0.4, -0.2) is 57.2 Å². The number of carbonyl (C=O) groups is 1. The van der Waals surface area contributed by atoms with E-state index in [4.69, 9.17) is 9.15 Å². The summed E-state index contributed by atoms with van der Waals surface area (Å²) in [5, 5.41) is 0.294. The van der Waals surface area contributed by atoms with Crippen LogP contribution in [0.2, 0.25) is 0 Å². The van der Waals surface area contributed by atoms with Gasteiger partial charge in [-0.3, -0.25) is 9.59 Å². The second-order valence-electron chi connectivity index (χ2n) is 9.33. The van der Waals surface area contributed by atoms with Gasteiger partial charge in [0.25, 0.3) is 5.91 Å². The van der Waals surface area contributed by atoms with Crippen molar-refractivity contribution in [3.8, 4) is 0 Å². The number of fused-ring (bicyclic) bond motifs is 2. The summed E-state index contributed by atoms with van der Waals surface area (Å²) in [4.78, 5) is 31.3. The van der Waals surface area contributed by atoms with Gasteiger partial charge in [0.15, 0.2) is 11.3 Å². The van der Waals surface area contributed by atoms with Gasteiger partial charge in [-0.15, -0.1) is 0 Å². The Morgan fingerprint density at radius 2 is 1.86 bits per heavy atom. The molecule has 0 aliphatic carbocycles. The van der Waals surface area contributed by atoms with E-state index >= 15 is 0 Å². The molecule has 2 aliphatic rings. The highest BCUT2D eigenvalue weighted by Gasteiger charge is 2.31. The second-order valence-corrected chi connectivity index (χ2v) is 9.33. The van der Waals surface area contributed by atoms with Crippen molar-refractivity contribution in [2.24, 2.45) is 0 Å². The van der Waals surface area contributed by atoms with E-state index in [1.807, 2.05) is 16.7 Å². The smallest absolute Gasteiger partial charge is 0.253 e. The Kier molecular flexibility index (Phi) is 5.96. The lowest BCUT2D eigenvalue weighted by atomic mass is 10.0. The van der Waals surface area contributed by atoms with Gasteiger partial charge in [-0.05, 0) is 31.5 Å². The number of nitrogens with zero attached hydrogens (tertiary/aromatic N) is 3. The van der Waals surface area contributed by atoms with Crippen LogP contribution in [0.1, 0.15) is 28.4 Å². The van der Waals surface area contributed by atoms with Crippen molar-refractivity contribution in [1.82, 2.24) is 4.90 Å². The quantitative estimate of drug-likeness (QED) is 0.566. The number of hydrogen-bond donors (Lipinski definition) is 0. The summed E-state index contributed by atoms with van der Waals surface area (Å²) in [5.74, 6) is -1.04. The number of anilines is 2. The van der Waals surface area contributed by atoms with Gasteiger partial charge in [0, 0.05) is 74.3 Å². The zero-order chi connectivity index (χ0) is 24.9. The van der Waals surface area contributed by atoms with Gasteiger partial charge in [0.1, 0.15) is 17.2 Å². The summed E-state index contributed by atoms with van der Waals surface area (Å²) in [6.45, 7) is 4.40. The van der Waals surface area contributed by atoms with E-state index in [-0.39, 0.29) is 23.9 Å². The van der Waals surface area contributed by atoms with Crippen LogP contribution >= 0.6 is 0 Å². The van der Waals surface area contributed by atoms with E-state index in [1.165, 1.54) is 17.0 Å². The van der Waals surface area contributed by atoms with E-state index in [1.54, 1.807) is 26.2 Å². The van der Waals surface area contributed by atoms with Crippen LogP contribution in [0.25, 0.3) is 11.0 Å². The summed E-state index contributed by atoms with van der Waals surface area (Å²) in [7, 11) is 3.28. The topological polar surface area (TPSA) is 66.2 Å². The molecule has 0 bridgehead atoms. The van der Waals surface area contributed by atoms with Gasteiger partial charge < -0.3 is 23.9 Å². The molecule has 35 heavy (non-hydrogen) atoms. The Labute approximate surface area is 201 Å². The maximum absolute atomic E-state index is 14.5. The third-order valence-electron chi connectivity index (χ3n) is 6.69. The number of rotatable bonds is 4. The zero-order valence-electron chi connectivity index (χ0n) is 19.9. The molecule has 3 aromatic rings.